The second-order valence-corrected chi connectivity index (χ2v) is 4.40. The number of anilines is 1. The summed E-state index contributed by atoms with van der Waals surface area (Å²) in [6.45, 7) is 0. The molecule has 0 atom stereocenters. The summed E-state index contributed by atoms with van der Waals surface area (Å²) in [5, 5.41) is 3.33. The number of carbonyl (C=O) groups excluding carboxylic acids is 1. The van der Waals surface area contributed by atoms with Crippen LogP contribution in [0.3, 0.4) is 0 Å². The first-order valence-corrected chi connectivity index (χ1v) is 5.96. The number of nitrogens with one attached hydrogen (secondary N) is 2. The lowest BCUT2D eigenvalue weighted by atomic mass is 10.2. The van der Waals surface area contributed by atoms with E-state index >= 15 is 0 Å². The van der Waals surface area contributed by atoms with Crippen LogP contribution in [0.2, 0.25) is 5.02 Å². The Morgan fingerprint density at radius 1 is 1.26 bits per heavy atom. The zero-order valence-electron chi connectivity index (χ0n) is 9.72. The molecule has 0 saturated heterocycles. The van der Waals surface area contributed by atoms with Crippen molar-refractivity contribution in [1.82, 2.24) is 15.0 Å². The Kier molecular flexibility index (Phi) is 2.89. The minimum absolute atomic E-state index is 0.244. The van der Waals surface area contributed by atoms with Crippen molar-refractivity contribution < 1.29 is 4.79 Å². The van der Waals surface area contributed by atoms with Crippen molar-refractivity contribution in [2.75, 3.05) is 5.32 Å². The van der Waals surface area contributed by atoms with Gasteiger partial charge in [0.15, 0.2) is 5.65 Å². The van der Waals surface area contributed by atoms with Crippen molar-refractivity contribution in [2.24, 2.45) is 0 Å². The Morgan fingerprint density at radius 2 is 2.16 bits per heavy atom. The van der Waals surface area contributed by atoms with E-state index in [4.69, 9.17) is 11.6 Å². The standard InChI is InChI=1S/C13H9ClN4O/c14-9-2-1-3-10(5-9)18-13(19)8-4-11-12(15-6-8)17-7-16-11/h1-7H,(H,18,19)(H,15,16,17). The molecule has 2 N–H and O–H groups in total. The number of hydrogen-bond donors (Lipinski definition) is 2. The first-order chi connectivity index (χ1) is 9.22. The van der Waals surface area contributed by atoms with Gasteiger partial charge < -0.3 is 10.3 Å². The molecule has 0 aliphatic carbocycles. The number of carbonyl (C=O) groups is 1. The lowest BCUT2D eigenvalue weighted by molar-refractivity contribution is 0.102. The average molecular weight is 273 g/mol. The summed E-state index contributed by atoms with van der Waals surface area (Å²) in [5.41, 5.74) is 2.40. The summed E-state index contributed by atoms with van der Waals surface area (Å²) < 4.78 is 0. The Hall–Kier alpha value is -2.40. The Balaban J connectivity index is 1.87. The third-order valence-corrected chi connectivity index (χ3v) is 2.85. The summed E-state index contributed by atoms with van der Waals surface area (Å²) in [7, 11) is 0. The molecular formula is C13H9ClN4O. The molecule has 2 heterocycles. The first kappa shape index (κ1) is 11.7. The molecule has 0 unspecified atom stereocenters. The molecule has 1 amide bonds. The maximum absolute atomic E-state index is 12.1. The molecule has 0 aliphatic rings. The molecule has 94 valence electrons. The molecule has 5 nitrogen and oxygen atoms in total. The summed E-state index contributed by atoms with van der Waals surface area (Å²) >= 11 is 5.86. The van der Waals surface area contributed by atoms with Gasteiger partial charge in [0.2, 0.25) is 0 Å². The number of fused-ring (bicyclic) bond motifs is 1. The van der Waals surface area contributed by atoms with Crippen molar-refractivity contribution in [1.29, 1.82) is 0 Å². The highest BCUT2D eigenvalue weighted by Gasteiger charge is 2.08. The summed E-state index contributed by atoms with van der Waals surface area (Å²) in [6.07, 6.45) is 3.03. The molecule has 0 saturated carbocycles. The van der Waals surface area contributed by atoms with Crippen LogP contribution < -0.4 is 5.32 Å². The van der Waals surface area contributed by atoms with Crippen molar-refractivity contribution >= 4 is 34.4 Å². The number of H-pyrrole nitrogens is 1. The molecule has 0 radical (unpaired) electrons. The second kappa shape index (κ2) is 4.70. The Labute approximate surface area is 113 Å². The van der Waals surface area contributed by atoms with E-state index in [0.29, 0.717) is 21.9 Å². The molecule has 0 spiro atoms. The van der Waals surface area contributed by atoms with Gasteiger partial charge in [-0.25, -0.2) is 9.97 Å². The second-order valence-electron chi connectivity index (χ2n) is 3.96. The highest BCUT2D eigenvalue weighted by atomic mass is 35.5. The number of aromatic nitrogens is 3. The van der Waals surface area contributed by atoms with E-state index in [1.165, 1.54) is 12.5 Å². The maximum atomic E-state index is 12.1. The molecular weight excluding hydrogens is 264 g/mol. The number of nitrogens with zero attached hydrogens (tertiary/aromatic N) is 2. The zero-order chi connectivity index (χ0) is 13.2. The number of benzene rings is 1. The number of imidazole rings is 1. The van der Waals surface area contributed by atoms with Crippen LogP contribution >= 0.6 is 11.6 Å². The number of aromatic amines is 1. The van der Waals surface area contributed by atoms with Gasteiger partial charge in [0.1, 0.15) is 0 Å². The van der Waals surface area contributed by atoms with Gasteiger partial charge >= 0.3 is 0 Å². The van der Waals surface area contributed by atoms with Crippen LogP contribution in [0.5, 0.6) is 0 Å². The fourth-order valence-electron chi connectivity index (χ4n) is 1.72. The number of halogens is 1. The Morgan fingerprint density at radius 3 is 3.00 bits per heavy atom. The lowest BCUT2D eigenvalue weighted by Gasteiger charge is -2.05. The van der Waals surface area contributed by atoms with E-state index in [9.17, 15) is 4.79 Å². The summed E-state index contributed by atoms with van der Waals surface area (Å²) in [5.74, 6) is -0.244. The van der Waals surface area contributed by atoms with E-state index < -0.39 is 0 Å². The predicted molar refractivity (Wildman–Crippen MR) is 73.3 cm³/mol. The van der Waals surface area contributed by atoms with E-state index in [1.807, 2.05) is 0 Å². The van der Waals surface area contributed by atoms with Gasteiger partial charge in [0.25, 0.3) is 5.91 Å². The molecule has 6 heteroatoms. The predicted octanol–water partition coefficient (Wildman–Crippen LogP) is 2.86. The topological polar surface area (TPSA) is 70.7 Å². The molecule has 0 aliphatic heterocycles. The molecule has 0 fully saturated rings. The van der Waals surface area contributed by atoms with Crippen LogP contribution in [-0.4, -0.2) is 20.9 Å². The van der Waals surface area contributed by atoms with Crippen LogP contribution in [0.25, 0.3) is 11.2 Å². The smallest absolute Gasteiger partial charge is 0.257 e. The van der Waals surface area contributed by atoms with Crippen LogP contribution in [0, 0.1) is 0 Å². The van der Waals surface area contributed by atoms with E-state index in [0.717, 1.165) is 5.52 Å². The zero-order valence-corrected chi connectivity index (χ0v) is 10.5. The van der Waals surface area contributed by atoms with Crippen LogP contribution in [0.1, 0.15) is 10.4 Å². The molecule has 3 rings (SSSR count). The molecule has 0 bridgehead atoms. The van der Waals surface area contributed by atoms with Crippen molar-refractivity contribution in [3.05, 3.63) is 53.4 Å². The van der Waals surface area contributed by atoms with Crippen LogP contribution in [0.4, 0.5) is 5.69 Å². The lowest BCUT2D eigenvalue weighted by Crippen LogP contribution is -2.12. The maximum Gasteiger partial charge on any atom is 0.257 e. The fraction of sp³-hybridized carbons (Fsp3) is 0. The summed E-state index contributed by atoms with van der Waals surface area (Å²) in [4.78, 5) is 23.1. The molecule has 19 heavy (non-hydrogen) atoms. The molecule has 2 aromatic heterocycles. The average Bonchev–Trinajstić information content (AvgIpc) is 2.85. The highest BCUT2D eigenvalue weighted by molar-refractivity contribution is 6.31. The largest absolute Gasteiger partial charge is 0.343 e. The van der Waals surface area contributed by atoms with Gasteiger partial charge in [0, 0.05) is 16.9 Å². The minimum Gasteiger partial charge on any atom is -0.343 e. The van der Waals surface area contributed by atoms with Crippen LogP contribution in [-0.2, 0) is 0 Å². The number of hydrogen-bond acceptors (Lipinski definition) is 3. The molecule has 1 aromatic carbocycles. The summed E-state index contributed by atoms with van der Waals surface area (Å²) in [6, 6.07) is 8.67. The van der Waals surface area contributed by atoms with Gasteiger partial charge in [-0.3, -0.25) is 4.79 Å². The van der Waals surface area contributed by atoms with E-state index in [-0.39, 0.29) is 5.91 Å². The normalized spacial score (nSPS) is 10.6. The first-order valence-electron chi connectivity index (χ1n) is 5.58. The van der Waals surface area contributed by atoms with Gasteiger partial charge in [-0.2, -0.15) is 0 Å². The van der Waals surface area contributed by atoms with Gasteiger partial charge in [0.05, 0.1) is 17.4 Å². The van der Waals surface area contributed by atoms with Gasteiger partial charge in [-0.15, -0.1) is 0 Å². The number of amides is 1. The van der Waals surface area contributed by atoms with Gasteiger partial charge in [-0.05, 0) is 24.3 Å². The van der Waals surface area contributed by atoms with E-state index in [2.05, 4.69) is 20.3 Å². The Bertz CT molecular complexity index is 753. The SMILES string of the molecule is O=C(Nc1cccc(Cl)c1)c1cnc2nc[nH]c2c1. The third kappa shape index (κ3) is 2.41. The quantitative estimate of drug-likeness (QED) is 0.753. The number of rotatable bonds is 2. The van der Waals surface area contributed by atoms with Crippen molar-refractivity contribution in [3.8, 4) is 0 Å². The fourth-order valence-corrected chi connectivity index (χ4v) is 1.91. The number of pyridine rings is 1. The molecule has 3 aromatic rings. The minimum atomic E-state index is -0.244. The van der Waals surface area contributed by atoms with Crippen molar-refractivity contribution in [3.63, 3.8) is 0 Å². The van der Waals surface area contributed by atoms with Gasteiger partial charge in [-0.1, -0.05) is 17.7 Å². The third-order valence-electron chi connectivity index (χ3n) is 2.62. The van der Waals surface area contributed by atoms with Crippen molar-refractivity contribution in [2.45, 2.75) is 0 Å². The monoisotopic (exact) mass is 272 g/mol. The highest BCUT2D eigenvalue weighted by Crippen LogP contribution is 2.16. The van der Waals surface area contributed by atoms with E-state index in [1.54, 1.807) is 30.3 Å². The van der Waals surface area contributed by atoms with Crippen LogP contribution in [0.15, 0.2) is 42.9 Å².